The van der Waals surface area contributed by atoms with Crippen molar-refractivity contribution >= 4 is 67.6 Å². The van der Waals surface area contributed by atoms with Gasteiger partial charge in [-0.25, -0.2) is 14.0 Å². The zero-order valence-corrected chi connectivity index (χ0v) is 22.4. The van der Waals surface area contributed by atoms with E-state index in [1.54, 1.807) is 30.3 Å². The number of nitrogens with one attached hydrogen (secondary N) is 1. The number of rotatable bonds is 5. The fourth-order valence-electron chi connectivity index (χ4n) is 3.85. The summed E-state index contributed by atoms with van der Waals surface area (Å²) in [5.41, 5.74) is 3.52. The van der Waals surface area contributed by atoms with Crippen molar-refractivity contribution in [3.05, 3.63) is 97.9 Å². The molecule has 5 rings (SSSR count). The molecular formula is C24H17Cl2IN4O3S. The molecule has 0 aliphatic carbocycles. The molecular weight excluding hydrogens is 622 g/mol. The van der Waals surface area contributed by atoms with E-state index in [4.69, 9.17) is 28.2 Å². The van der Waals surface area contributed by atoms with Crippen LogP contribution in [0.1, 0.15) is 11.4 Å². The number of imidazole rings is 1. The number of amides is 1. The van der Waals surface area contributed by atoms with Crippen LogP contribution in [0.3, 0.4) is 0 Å². The van der Waals surface area contributed by atoms with Gasteiger partial charge in [0.25, 0.3) is 5.91 Å². The van der Waals surface area contributed by atoms with Gasteiger partial charge in [-0.3, -0.25) is 4.79 Å². The van der Waals surface area contributed by atoms with Crippen LogP contribution in [-0.4, -0.2) is 30.4 Å². The lowest BCUT2D eigenvalue weighted by Gasteiger charge is -2.16. The molecule has 2 heterocycles. The van der Waals surface area contributed by atoms with Crippen molar-refractivity contribution < 1.29 is 13.2 Å². The van der Waals surface area contributed by atoms with Gasteiger partial charge in [-0.15, -0.1) is 0 Å². The normalized spacial score (nSPS) is 14.8. The van der Waals surface area contributed by atoms with Crippen LogP contribution in [-0.2, 0) is 21.4 Å². The summed E-state index contributed by atoms with van der Waals surface area (Å²) >= 11 is 14.8. The number of halogens is 3. The maximum absolute atomic E-state index is 12.4. The van der Waals surface area contributed by atoms with E-state index in [-0.39, 0.29) is 6.54 Å². The predicted octanol–water partition coefficient (Wildman–Crippen LogP) is 5.22. The number of aromatic nitrogens is 2. The minimum absolute atomic E-state index is 0.267. The molecule has 0 saturated carbocycles. The summed E-state index contributed by atoms with van der Waals surface area (Å²) in [5.74, 6) is 0.167. The quantitative estimate of drug-likeness (QED) is 0.304. The molecule has 1 N–H and O–H groups in total. The second-order valence-corrected chi connectivity index (χ2v) is 11.6. The van der Waals surface area contributed by atoms with E-state index < -0.39 is 16.1 Å². The first-order valence-corrected chi connectivity index (χ1v) is 13.7. The minimum atomic E-state index is -3.92. The van der Waals surface area contributed by atoms with Gasteiger partial charge in [0, 0.05) is 32.5 Å². The van der Waals surface area contributed by atoms with Crippen LogP contribution >= 0.6 is 45.8 Å². The van der Waals surface area contributed by atoms with Gasteiger partial charge in [-0.05, 0) is 76.7 Å². The lowest BCUT2D eigenvalue weighted by atomic mass is 10.1. The Balaban J connectivity index is 1.61. The number of nitrogens with zero attached hydrogens (tertiary/aromatic N) is 3. The second-order valence-electron chi connectivity index (χ2n) is 7.90. The predicted molar refractivity (Wildman–Crippen MR) is 145 cm³/mol. The van der Waals surface area contributed by atoms with E-state index in [9.17, 15) is 13.2 Å². The van der Waals surface area contributed by atoms with Crippen LogP contribution in [0.4, 0.5) is 5.69 Å². The largest absolute Gasteiger partial charge is 0.326 e. The lowest BCUT2D eigenvalue weighted by Crippen LogP contribution is -2.29. The molecule has 1 aliphatic rings. The smallest absolute Gasteiger partial charge is 0.303 e. The van der Waals surface area contributed by atoms with Gasteiger partial charge in [0.15, 0.2) is 0 Å². The minimum Gasteiger partial charge on any atom is -0.303 e. The van der Waals surface area contributed by atoms with E-state index >= 15 is 0 Å². The lowest BCUT2D eigenvalue weighted by molar-refractivity contribution is -0.117. The van der Waals surface area contributed by atoms with E-state index in [0.29, 0.717) is 33.5 Å². The number of hydrogen-bond donors (Lipinski definition) is 1. The van der Waals surface area contributed by atoms with E-state index in [1.807, 2.05) is 51.9 Å². The second kappa shape index (κ2) is 9.45. The average molecular weight is 639 g/mol. The van der Waals surface area contributed by atoms with Gasteiger partial charge in [0.2, 0.25) is 0 Å². The van der Waals surface area contributed by atoms with Gasteiger partial charge in [-0.1, -0.05) is 41.4 Å². The Bertz CT molecular complexity index is 1560. The fourth-order valence-corrected chi connectivity index (χ4v) is 5.86. The summed E-state index contributed by atoms with van der Waals surface area (Å²) in [6, 6.07) is 20.3. The summed E-state index contributed by atoms with van der Waals surface area (Å²) in [6.07, 6.45) is 2.40. The first kappa shape index (κ1) is 24.1. The van der Waals surface area contributed by atoms with Crippen molar-refractivity contribution in [1.82, 2.24) is 14.3 Å². The summed E-state index contributed by atoms with van der Waals surface area (Å²) in [7, 11) is -3.92. The van der Waals surface area contributed by atoms with Crippen LogP contribution < -0.4 is 9.03 Å². The summed E-state index contributed by atoms with van der Waals surface area (Å²) in [6.45, 7) is -0.267. The van der Waals surface area contributed by atoms with Gasteiger partial charge in [0.05, 0.1) is 16.4 Å². The summed E-state index contributed by atoms with van der Waals surface area (Å²) < 4.78 is 30.8. The Morgan fingerprint density at radius 1 is 1.00 bits per heavy atom. The molecule has 1 saturated heterocycles. The van der Waals surface area contributed by atoms with Crippen molar-refractivity contribution in [2.45, 2.75) is 6.42 Å². The molecule has 0 radical (unpaired) electrons. The summed E-state index contributed by atoms with van der Waals surface area (Å²) in [4.78, 5) is 16.6. The molecule has 1 aromatic heterocycles. The molecule has 1 fully saturated rings. The zero-order chi connectivity index (χ0) is 24.7. The molecule has 1 amide bonds. The average Bonchev–Trinajstić information content (AvgIpc) is 3.34. The van der Waals surface area contributed by atoms with Crippen LogP contribution in [0.15, 0.2) is 72.9 Å². The zero-order valence-electron chi connectivity index (χ0n) is 18.0. The molecule has 7 nitrogen and oxygen atoms in total. The number of carbonyl (C=O) groups excluding carboxylic acids is 1. The monoisotopic (exact) mass is 638 g/mol. The highest BCUT2D eigenvalue weighted by atomic mass is 127. The van der Waals surface area contributed by atoms with Gasteiger partial charge < -0.3 is 4.57 Å². The van der Waals surface area contributed by atoms with E-state index in [2.05, 4.69) is 22.6 Å². The Morgan fingerprint density at radius 2 is 1.74 bits per heavy atom. The third-order valence-electron chi connectivity index (χ3n) is 5.48. The van der Waals surface area contributed by atoms with Crippen molar-refractivity contribution in [2.24, 2.45) is 0 Å². The van der Waals surface area contributed by atoms with E-state index in [0.717, 1.165) is 24.8 Å². The molecule has 178 valence electrons. The topological polar surface area (TPSA) is 84.3 Å². The third kappa shape index (κ3) is 5.04. The maximum atomic E-state index is 12.4. The van der Waals surface area contributed by atoms with Crippen LogP contribution in [0, 0.1) is 3.57 Å². The Morgan fingerprint density at radius 3 is 2.43 bits per heavy atom. The van der Waals surface area contributed by atoms with Crippen LogP contribution in [0.2, 0.25) is 10.0 Å². The first-order valence-electron chi connectivity index (χ1n) is 10.4. The van der Waals surface area contributed by atoms with Crippen LogP contribution in [0.5, 0.6) is 0 Å². The molecule has 0 spiro atoms. The molecule has 4 aromatic rings. The van der Waals surface area contributed by atoms with Gasteiger partial charge in [-0.2, -0.15) is 8.42 Å². The Kier molecular flexibility index (Phi) is 6.51. The first-order chi connectivity index (χ1) is 16.7. The van der Waals surface area contributed by atoms with Gasteiger partial charge in [0.1, 0.15) is 12.4 Å². The number of benzene rings is 3. The maximum Gasteiger partial charge on any atom is 0.326 e. The van der Waals surface area contributed by atoms with Crippen molar-refractivity contribution in [3.8, 4) is 16.9 Å². The number of anilines is 1. The molecule has 0 atom stereocenters. The fraction of sp³-hybridized carbons (Fsp3) is 0.0833. The SMILES string of the molecule is O=C1CN(c2cccc(-n3cc(-c4ccc(Cl)cc4Cl)nc3Cc3ccc(I)cc3)c2)S(=O)(=O)N1. The number of hydrogen-bond acceptors (Lipinski definition) is 4. The van der Waals surface area contributed by atoms with E-state index in [1.165, 1.54) is 0 Å². The Labute approximate surface area is 226 Å². The standard InChI is InChI=1S/C24H17Cl2IN4O3S/c25-16-6-9-20(21(26)11-16)22-13-30(23(28-22)10-15-4-7-17(27)8-5-15)18-2-1-3-19(12-18)31-14-24(32)29-35(31,33)34/h1-9,11-13H,10,14H2,(H,29,32). The Hall–Kier alpha value is -2.60. The highest BCUT2D eigenvalue weighted by Crippen LogP contribution is 2.32. The van der Waals surface area contributed by atoms with Crippen molar-refractivity contribution in [1.29, 1.82) is 0 Å². The van der Waals surface area contributed by atoms with Crippen molar-refractivity contribution in [3.63, 3.8) is 0 Å². The van der Waals surface area contributed by atoms with Gasteiger partial charge >= 0.3 is 10.2 Å². The third-order valence-corrected chi connectivity index (χ3v) is 8.15. The van der Waals surface area contributed by atoms with Crippen LogP contribution in [0.25, 0.3) is 16.9 Å². The molecule has 3 aromatic carbocycles. The molecule has 35 heavy (non-hydrogen) atoms. The summed E-state index contributed by atoms with van der Waals surface area (Å²) in [5, 5.41) is 1.00. The molecule has 11 heteroatoms. The highest BCUT2D eigenvalue weighted by Gasteiger charge is 2.34. The van der Waals surface area contributed by atoms with Crippen molar-refractivity contribution in [2.75, 3.05) is 10.8 Å². The highest BCUT2D eigenvalue weighted by molar-refractivity contribution is 14.1. The molecule has 0 bridgehead atoms. The number of carbonyl (C=O) groups is 1. The molecule has 0 unspecified atom stereocenters. The molecule has 1 aliphatic heterocycles.